The zero-order valence-electron chi connectivity index (χ0n) is 13.2. The Labute approximate surface area is 141 Å². The van der Waals surface area contributed by atoms with Gasteiger partial charge in [-0.3, -0.25) is 19.6 Å². The number of nitro groups is 1. The summed E-state index contributed by atoms with van der Waals surface area (Å²) in [6.45, 7) is 1.90. The van der Waals surface area contributed by atoms with E-state index in [1.807, 2.05) is 37.3 Å². The third-order valence-corrected chi connectivity index (χ3v) is 3.44. The van der Waals surface area contributed by atoms with Crippen molar-refractivity contribution < 1.29 is 14.2 Å². The third-order valence-electron chi connectivity index (χ3n) is 3.44. The summed E-state index contributed by atoms with van der Waals surface area (Å²) < 4.78 is 6.23. The molecular formula is C15H14N6O4. The number of carbonyl (C=O) groups is 1. The Morgan fingerprint density at radius 1 is 1.40 bits per heavy atom. The minimum Gasteiger partial charge on any atom is -0.341 e. The molecule has 10 nitrogen and oxygen atoms in total. The fourth-order valence-corrected chi connectivity index (χ4v) is 2.17. The van der Waals surface area contributed by atoms with Gasteiger partial charge in [-0.2, -0.15) is 10.1 Å². The predicted octanol–water partition coefficient (Wildman–Crippen LogP) is 1.71. The maximum absolute atomic E-state index is 12.2. The largest absolute Gasteiger partial charge is 0.341 e. The zero-order chi connectivity index (χ0) is 17.8. The fraction of sp³-hybridized carbons (Fsp3) is 0.200. The molecule has 0 saturated carbocycles. The van der Waals surface area contributed by atoms with E-state index in [0.29, 0.717) is 0 Å². The summed E-state index contributed by atoms with van der Waals surface area (Å²) in [7, 11) is 0. The lowest BCUT2D eigenvalue weighted by Crippen LogP contribution is -2.26. The summed E-state index contributed by atoms with van der Waals surface area (Å²) in [4.78, 5) is 26.2. The van der Waals surface area contributed by atoms with Gasteiger partial charge in [0.1, 0.15) is 18.9 Å². The van der Waals surface area contributed by atoms with Gasteiger partial charge in [0, 0.05) is 0 Å². The van der Waals surface area contributed by atoms with Gasteiger partial charge in [-0.05, 0) is 12.5 Å². The van der Waals surface area contributed by atoms with Crippen LogP contribution in [0.15, 0.2) is 47.2 Å². The van der Waals surface area contributed by atoms with Crippen LogP contribution in [-0.4, -0.2) is 30.8 Å². The Morgan fingerprint density at radius 3 is 2.84 bits per heavy atom. The molecule has 0 radical (unpaired) electrons. The summed E-state index contributed by atoms with van der Waals surface area (Å²) in [5, 5.41) is 20.9. The van der Waals surface area contributed by atoms with Gasteiger partial charge < -0.3 is 9.84 Å². The van der Waals surface area contributed by atoms with Crippen molar-refractivity contribution in [1.82, 2.24) is 25.2 Å². The normalized spacial score (nSPS) is 11.9. The van der Waals surface area contributed by atoms with Crippen molar-refractivity contribution in [3.8, 4) is 0 Å². The molecule has 1 aromatic carbocycles. The van der Waals surface area contributed by atoms with E-state index in [2.05, 4.69) is 20.6 Å². The number of carbonyl (C=O) groups excluding carboxylic acids is 1. The lowest BCUT2D eigenvalue weighted by molar-refractivity contribution is -0.385. The molecule has 25 heavy (non-hydrogen) atoms. The van der Waals surface area contributed by atoms with Gasteiger partial charge in [-0.1, -0.05) is 35.5 Å². The molecule has 128 valence electrons. The lowest BCUT2D eigenvalue weighted by Gasteiger charge is -2.12. The number of aromatic nitrogens is 4. The van der Waals surface area contributed by atoms with Gasteiger partial charge in [0.15, 0.2) is 5.82 Å². The summed E-state index contributed by atoms with van der Waals surface area (Å²) in [6, 6.07) is 9.22. The minimum atomic E-state index is -0.552. The van der Waals surface area contributed by atoms with Crippen molar-refractivity contribution in [2.24, 2.45) is 0 Å². The molecule has 0 spiro atoms. The average molecular weight is 342 g/mol. The van der Waals surface area contributed by atoms with Gasteiger partial charge in [-0.25, -0.2) is 0 Å². The number of hydrogen-bond donors (Lipinski definition) is 1. The molecule has 0 aliphatic heterocycles. The van der Waals surface area contributed by atoms with Crippen molar-refractivity contribution in [2.45, 2.75) is 19.5 Å². The summed E-state index contributed by atoms with van der Waals surface area (Å²) in [6.07, 6.45) is 2.36. The van der Waals surface area contributed by atoms with Gasteiger partial charge in [0.2, 0.25) is 0 Å². The highest BCUT2D eigenvalue weighted by atomic mass is 16.6. The minimum absolute atomic E-state index is 0.0544. The van der Waals surface area contributed by atoms with E-state index >= 15 is 0 Å². The van der Waals surface area contributed by atoms with Crippen LogP contribution in [0.5, 0.6) is 0 Å². The molecule has 1 N–H and O–H groups in total. The molecule has 0 bridgehead atoms. The molecular weight excluding hydrogens is 328 g/mol. The van der Waals surface area contributed by atoms with Gasteiger partial charge in [-0.15, -0.1) is 0 Å². The van der Waals surface area contributed by atoms with Crippen molar-refractivity contribution in [1.29, 1.82) is 0 Å². The van der Waals surface area contributed by atoms with Crippen LogP contribution in [0.2, 0.25) is 0 Å². The highest BCUT2D eigenvalue weighted by Crippen LogP contribution is 2.12. The first kappa shape index (κ1) is 16.3. The SMILES string of the molecule is C[C@@H](NC(=O)c1nc(Cn2cc([N+](=O)[O-])cn2)no1)c1ccccc1. The summed E-state index contributed by atoms with van der Waals surface area (Å²) >= 11 is 0. The van der Waals surface area contributed by atoms with Crippen molar-refractivity contribution >= 4 is 11.6 Å². The predicted molar refractivity (Wildman–Crippen MR) is 84.6 cm³/mol. The van der Waals surface area contributed by atoms with Crippen molar-refractivity contribution in [3.63, 3.8) is 0 Å². The molecule has 0 aliphatic carbocycles. The Hall–Kier alpha value is -3.56. The molecule has 0 fully saturated rings. The molecule has 10 heteroatoms. The van der Waals surface area contributed by atoms with E-state index in [1.54, 1.807) is 0 Å². The second-order valence-corrected chi connectivity index (χ2v) is 5.27. The summed E-state index contributed by atoms with van der Waals surface area (Å²) in [5.74, 6) is -0.489. The number of nitrogens with zero attached hydrogens (tertiary/aromatic N) is 5. The van der Waals surface area contributed by atoms with Crippen LogP contribution in [0.3, 0.4) is 0 Å². The standard InChI is InChI=1S/C15H14N6O4/c1-10(11-5-3-2-4-6-11)17-14(22)15-18-13(19-25-15)9-20-8-12(7-16-20)21(23)24/h2-8,10H,9H2,1H3,(H,17,22)/t10-/m1/s1. The maximum Gasteiger partial charge on any atom is 0.316 e. The Kier molecular flexibility index (Phi) is 4.50. The van der Waals surface area contributed by atoms with Gasteiger partial charge >= 0.3 is 17.5 Å². The first-order valence-corrected chi connectivity index (χ1v) is 7.38. The smallest absolute Gasteiger partial charge is 0.316 e. The molecule has 1 amide bonds. The Bertz CT molecular complexity index is 888. The van der Waals surface area contributed by atoms with Gasteiger partial charge in [0.05, 0.1) is 11.0 Å². The fourth-order valence-electron chi connectivity index (χ4n) is 2.17. The van der Waals surface area contributed by atoms with E-state index in [1.165, 1.54) is 10.9 Å². The van der Waals surface area contributed by atoms with Crippen LogP contribution < -0.4 is 5.32 Å². The summed E-state index contributed by atoms with van der Waals surface area (Å²) in [5.41, 5.74) is 0.803. The molecule has 2 heterocycles. The quantitative estimate of drug-likeness (QED) is 0.533. The molecule has 0 aliphatic rings. The first-order chi connectivity index (χ1) is 12.0. The van der Waals surface area contributed by atoms with E-state index in [9.17, 15) is 14.9 Å². The second-order valence-electron chi connectivity index (χ2n) is 5.27. The highest BCUT2D eigenvalue weighted by molar-refractivity contribution is 5.89. The molecule has 0 unspecified atom stereocenters. The molecule has 0 saturated heterocycles. The Morgan fingerprint density at radius 2 is 2.16 bits per heavy atom. The van der Waals surface area contributed by atoms with E-state index < -0.39 is 10.8 Å². The van der Waals surface area contributed by atoms with Crippen LogP contribution in [-0.2, 0) is 6.54 Å². The number of rotatable bonds is 6. The second kappa shape index (κ2) is 6.91. The van der Waals surface area contributed by atoms with Gasteiger partial charge in [0.25, 0.3) is 0 Å². The van der Waals surface area contributed by atoms with Crippen LogP contribution in [0, 0.1) is 10.1 Å². The van der Waals surface area contributed by atoms with Crippen LogP contribution in [0.4, 0.5) is 5.69 Å². The highest BCUT2D eigenvalue weighted by Gasteiger charge is 2.19. The van der Waals surface area contributed by atoms with E-state index in [4.69, 9.17) is 4.52 Å². The average Bonchev–Trinajstić information content (AvgIpc) is 3.26. The molecule has 2 aromatic heterocycles. The zero-order valence-corrected chi connectivity index (χ0v) is 13.2. The number of amides is 1. The monoisotopic (exact) mass is 342 g/mol. The Balaban J connectivity index is 1.64. The molecule has 3 rings (SSSR count). The topological polar surface area (TPSA) is 129 Å². The first-order valence-electron chi connectivity index (χ1n) is 7.38. The number of benzene rings is 1. The third kappa shape index (κ3) is 3.86. The molecule has 1 atom stereocenters. The number of nitrogens with one attached hydrogen (secondary N) is 1. The lowest BCUT2D eigenvalue weighted by atomic mass is 10.1. The van der Waals surface area contributed by atoms with Crippen molar-refractivity contribution in [2.75, 3.05) is 0 Å². The maximum atomic E-state index is 12.2. The van der Waals surface area contributed by atoms with Crippen LogP contribution in [0.1, 0.15) is 35.0 Å². The van der Waals surface area contributed by atoms with Crippen LogP contribution in [0.25, 0.3) is 0 Å². The number of hydrogen-bond acceptors (Lipinski definition) is 7. The van der Waals surface area contributed by atoms with Crippen molar-refractivity contribution in [3.05, 3.63) is 70.1 Å². The molecule has 3 aromatic rings. The van der Waals surface area contributed by atoms with E-state index in [-0.39, 0.29) is 30.0 Å². The van der Waals surface area contributed by atoms with Crippen LogP contribution >= 0.6 is 0 Å². The van der Waals surface area contributed by atoms with E-state index in [0.717, 1.165) is 11.8 Å².